The average molecular weight is 509 g/mol. The molecule has 2 aliphatic heterocycles. The Bertz CT molecular complexity index is 1350. The second kappa shape index (κ2) is 11.4. The second-order valence-corrected chi connectivity index (χ2v) is 10.5. The smallest absolute Gasteiger partial charge is 0.123 e. The molecule has 0 spiro atoms. The predicted molar refractivity (Wildman–Crippen MR) is 156 cm³/mol. The van der Waals surface area contributed by atoms with Crippen LogP contribution in [0.15, 0.2) is 95.1 Å². The van der Waals surface area contributed by atoms with Crippen molar-refractivity contribution < 1.29 is 9.13 Å². The topological polar surface area (TPSA) is 24.8 Å². The molecule has 38 heavy (non-hydrogen) atoms. The van der Waals surface area contributed by atoms with Gasteiger partial charge < -0.3 is 9.64 Å². The molecular weight excluding hydrogens is 471 g/mol. The van der Waals surface area contributed by atoms with Crippen LogP contribution in [0, 0.1) is 5.82 Å². The highest BCUT2D eigenvalue weighted by atomic mass is 19.1. The van der Waals surface area contributed by atoms with Gasteiger partial charge in [-0.15, -0.1) is 0 Å². The van der Waals surface area contributed by atoms with Crippen LogP contribution in [-0.4, -0.2) is 19.9 Å². The summed E-state index contributed by atoms with van der Waals surface area (Å²) in [6, 6.07) is 22.3. The molecule has 3 aromatic rings. The van der Waals surface area contributed by atoms with Crippen molar-refractivity contribution in [3.8, 4) is 5.75 Å². The van der Waals surface area contributed by atoms with Crippen molar-refractivity contribution in [2.45, 2.75) is 57.9 Å². The van der Waals surface area contributed by atoms with E-state index in [0.29, 0.717) is 0 Å². The van der Waals surface area contributed by atoms with E-state index >= 15 is 0 Å². The minimum absolute atomic E-state index is 0.216. The number of nitrogens with zero attached hydrogens (tertiary/aromatic N) is 2. The number of benzene rings is 3. The first-order valence-corrected chi connectivity index (χ1v) is 13.7. The van der Waals surface area contributed by atoms with Gasteiger partial charge in [-0.3, -0.25) is 4.99 Å². The van der Waals surface area contributed by atoms with Gasteiger partial charge in [0.15, 0.2) is 0 Å². The van der Waals surface area contributed by atoms with Gasteiger partial charge in [0.05, 0.1) is 12.6 Å². The van der Waals surface area contributed by atoms with Gasteiger partial charge in [0, 0.05) is 24.6 Å². The van der Waals surface area contributed by atoms with Gasteiger partial charge in [0.25, 0.3) is 0 Å². The van der Waals surface area contributed by atoms with Crippen LogP contribution in [0.25, 0.3) is 0 Å². The third-order valence-corrected chi connectivity index (χ3v) is 8.02. The number of unbranched alkanes of at least 4 members (excludes halogenated alkanes) is 1. The van der Waals surface area contributed by atoms with Gasteiger partial charge in [-0.1, -0.05) is 49.8 Å². The maximum atomic E-state index is 13.8. The summed E-state index contributed by atoms with van der Waals surface area (Å²) in [5, 5.41) is 0. The molecule has 0 saturated heterocycles. The molecular formula is C34H37FN2O. The Morgan fingerprint density at radius 1 is 1.05 bits per heavy atom. The molecule has 0 saturated carbocycles. The molecule has 0 radical (unpaired) electrons. The number of anilines is 1. The zero-order chi connectivity index (χ0) is 26.5. The minimum atomic E-state index is -0.399. The fourth-order valence-electron chi connectivity index (χ4n) is 5.79. The van der Waals surface area contributed by atoms with Crippen molar-refractivity contribution in [1.82, 2.24) is 0 Å². The normalized spacial score (nSPS) is 19.8. The lowest BCUT2D eigenvalue weighted by molar-refractivity contribution is 0.411. The van der Waals surface area contributed by atoms with Crippen molar-refractivity contribution >= 4 is 11.9 Å². The predicted octanol–water partition coefficient (Wildman–Crippen LogP) is 8.18. The van der Waals surface area contributed by atoms with Gasteiger partial charge in [0.2, 0.25) is 0 Å². The van der Waals surface area contributed by atoms with E-state index in [2.05, 4.69) is 66.2 Å². The largest absolute Gasteiger partial charge is 0.497 e. The number of methoxy groups -OCH3 is 1. The van der Waals surface area contributed by atoms with Crippen molar-refractivity contribution in [1.29, 1.82) is 0 Å². The highest BCUT2D eigenvalue weighted by Gasteiger charge is 2.40. The number of allylic oxidation sites excluding steroid dienone is 3. The third-order valence-electron chi connectivity index (χ3n) is 8.02. The Morgan fingerprint density at radius 3 is 2.58 bits per heavy atom. The molecule has 1 atom stereocenters. The zero-order valence-corrected chi connectivity index (χ0v) is 22.7. The van der Waals surface area contributed by atoms with E-state index in [9.17, 15) is 4.39 Å². The van der Waals surface area contributed by atoms with Crippen molar-refractivity contribution in [3.05, 3.63) is 118 Å². The molecule has 3 aromatic carbocycles. The Balaban J connectivity index is 1.43. The van der Waals surface area contributed by atoms with E-state index in [1.165, 1.54) is 46.2 Å². The number of hydrogen-bond donors (Lipinski definition) is 0. The number of aliphatic imine (C=N–C) groups is 1. The third kappa shape index (κ3) is 5.31. The zero-order valence-electron chi connectivity index (χ0n) is 22.7. The lowest BCUT2D eigenvalue weighted by Crippen LogP contribution is -2.49. The van der Waals surface area contributed by atoms with Gasteiger partial charge in [-0.2, -0.15) is 0 Å². The van der Waals surface area contributed by atoms with E-state index in [1.54, 1.807) is 19.2 Å². The Hall–Kier alpha value is -3.66. The quantitative estimate of drug-likeness (QED) is 0.306. The number of rotatable bonds is 8. The fraction of sp³-hybridized carbons (Fsp3) is 0.324. The molecule has 3 nitrogen and oxygen atoms in total. The molecule has 0 amide bonds. The van der Waals surface area contributed by atoms with Crippen molar-refractivity contribution in [2.24, 2.45) is 4.99 Å². The molecule has 4 heteroatoms. The van der Waals surface area contributed by atoms with Crippen molar-refractivity contribution in [3.63, 3.8) is 0 Å². The molecule has 0 N–H and O–H groups in total. The van der Waals surface area contributed by atoms with Crippen LogP contribution in [0.4, 0.5) is 10.1 Å². The molecule has 196 valence electrons. The lowest BCUT2D eigenvalue weighted by atomic mass is 9.76. The highest BCUT2D eigenvalue weighted by molar-refractivity contribution is 5.81. The monoisotopic (exact) mass is 508 g/mol. The van der Waals surface area contributed by atoms with Crippen LogP contribution in [0.1, 0.15) is 61.8 Å². The Kier molecular flexibility index (Phi) is 7.78. The van der Waals surface area contributed by atoms with E-state index in [4.69, 9.17) is 4.74 Å². The van der Waals surface area contributed by atoms with E-state index in [1.807, 2.05) is 30.6 Å². The lowest BCUT2D eigenvalue weighted by Gasteiger charge is -2.48. The van der Waals surface area contributed by atoms with Crippen molar-refractivity contribution in [2.75, 3.05) is 18.6 Å². The summed E-state index contributed by atoms with van der Waals surface area (Å²) >= 11 is 0. The van der Waals surface area contributed by atoms with Gasteiger partial charge in [-0.05, 0) is 109 Å². The first-order chi connectivity index (χ1) is 18.5. The van der Waals surface area contributed by atoms with Crippen LogP contribution >= 0.6 is 0 Å². The summed E-state index contributed by atoms with van der Waals surface area (Å²) in [4.78, 5) is 6.88. The molecule has 2 aliphatic rings. The SMILES string of the molecule is CCCCC1=CN=C/C(=C\Cc2ccc(C3(C)c4ccc(OC)cc4CCN3c3ccc(F)cc3)cc2)C1. The van der Waals surface area contributed by atoms with Gasteiger partial charge >= 0.3 is 0 Å². The number of hydrogen-bond acceptors (Lipinski definition) is 3. The summed E-state index contributed by atoms with van der Waals surface area (Å²) in [7, 11) is 1.71. The average Bonchev–Trinajstić information content (AvgIpc) is 2.96. The van der Waals surface area contributed by atoms with E-state index < -0.39 is 5.54 Å². The summed E-state index contributed by atoms with van der Waals surface area (Å²) in [5.41, 5.74) is 8.40. The first-order valence-electron chi connectivity index (χ1n) is 13.7. The maximum absolute atomic E-state index is 13.8. The molecule has 1 unspecified atom stereocenters. The number of halogens is 1. The molecule has 0 aromatic heterocycles. The van der Waals surface area contributed by atoms with Gasteiger partial charge in [0.1, 0.15) is 11.6 Å². The molecule has 0 fully saturated rings. The summed E-state index contributed by atoms with van der Waals surface area (Å²) in [6.07, 6.45) is 12.7. The standard InChI is InChI=1S/C34H37FN2O/c1-4-5-6-26-21-27(24-36-23-26)8-7-25-9-11-29(12-10-25)34(2)33-18-17-32(38-3)22-28(33)19-20-37(34)31-15-13-30(35)14-16-31/h8-18,22-24H,4-7,19-21H2,1-3H3/b27-8-. The van der Waals surface area contributed by atoms with Crippen LogP contribution in [0.5, 0.6) is 5.75 Å². The van der Waals surface area contributed by atoms with E-state index in [-0.39, 0.29) is 5.82 Å². The number of fused-ring (bicyclic) bond motifs is 1. The number of ether oxygens (including phenoxy) is 1. The van der Waals surface area contributed by atoms with Crippen LogP contribution in [0.3, 0.4) is 0 Å². The van der Waals surface area contributed by atoms with Crippen LogP contribution < -0.4 is 9.64 Å². The Morgan fingerprint density at radius 2 is 1.84 bits per heavy atom. The van der Waals surface area contributed by atoms with Crippen LogP contribution in [-0.2, 0) is 18.4 Å². The second-order valence-electron chi connectivity index (χ2n) is 10.5. The maximum Gasteiger partial charge on any atom is 0.123 e. The molecule has 0 bridgehead atoms. The van der Waals surface area contributed by atoms with Crippen LogP contribution in [0.2, 0.25) is 0 Å². The first kappa shape index (κ1) is 26.0. The Labute approximate surface area is 226 Å². The van der Waals surface area contributed by atoms with E-state index in [0.717, 1.165) is 43.7 Å². The minimum Gasteiger partial charge on any atom is -0.497 e. The summed E-state index contributed by atoms with van der Waals surface area (Å²) in [6.45, 7) is 5.35. The van der Waals surface area contributed by atoms with Gasteiger partial charge in [-0.25, -0.2) is 4.39 Å². The molecule has 0 aliphatic carbocycles. The molecule has 2 heterocycles. The fourth-order valence-corrected chi connectivity index (χ4v) is 5.79. The molecule has 5 rings (SSSR count). The summed E-state index contributed by atoms with van der Waals surface area (Å²) < 4.78 is 19.3. The highest BCUT2D eigenvalue weighted by Crippen LogP contribution is 2.44. The summed E-state index contributed by atoms with van der Waals surface area (Å²) in [5.74, 6) is 0.663.